The summed E-state index contributed by atoms with van der Waals surface area (Å²) in [4.78, 5) is 12.6. The summed E-state index contributed by atoms with van der Waals surface area (Å²) in [5, 5.41) is 5.18. The van der Waals surface area contributed by atoms with E-state index in [1.165, 1.54) is 28.7 Å². The molecule has 0 unspecified atom stereocenters. The van der Waals surface area contributed by atoms with E-state index in [1.54, 1.807) is 11.3 Å². The second-order valence-corrected chi connectivity index (χ2v) is 7.37. The molecule has 118 valence electrons. The summed E-state index contributed by atoms with van der Waals surface area (Å²) in [6.45, 7) is 3.63. The number of carbonyl (C=O) groups is 1. The summed E-state index contributed by atoms with van der Waals surface area (Å²) in [5.74, 6) is 0.744. The molecule has 1 N–H and O–H groups in total. The smallest absolute Gasteiger partial charge is 0.267 e. The van der Waals surface area contributed by atoms with Gasteiger partial charge < -0.3 is 9.88 Å². The van der Waals surface area contributed by atoms with Gasteiger partial charge in [0.1, 0.15) is 5.69 Å². The molecule has 0 aliphatic heterocycles. The Labute approximate surface area is 139 Å². The Balaban J connectivity index is 1.64. The SMILES string of the molecule is Cc1ccc(Cn2c(C(=O)NCC3CC3)cc3sccc32)cc1. The lowest BCUT2D eigenvalue weighted by Crippen LogP contribution is -2.27. The van der Waals surface area contributed by atoms with E-state index < -0.39 is 0 Å². The van der Waals surface area contributed by atoms with E-state index in [2.05, 4.69) is 52.5 Å². The molecule has 0 atom stereocenters. The summed E-state index contributed by atoms with van der Waals surface area (Å²) in [7, 11) is 0. The normalized spacial score (nSPS) is 14.3. The van der Waals surface area contributed by atoms with Gasteiger partial charge in [-0.25, -0.2) is 0 Å². The summed E-state index contributed by atoms with van der Waals surface area (Å²) in [6, 6.07) is 12.6. The van der Waals surface area contributed by atoms with E-state index in [9.17, 15) is 4.79 Å². The lowest BCUT2D eigenvalue weighted by atomic mass is 10.1. The Bertz CT molecular complexity index is 840. The number of aromatic nitrogens is 1. The van der Waals surface area contributed by atoms with Gasteiger partial charge >= 0.3 is 0 Å². The van der Waals surface area contributed by atoms with Gasteiger partial charge in [0.25, 0.3) is 5.91 Å². The number of fused-ring (bicyclic) bond motifs is 1. The molecule has 1 amide bonds. The Hall–Kier alpha value is -2.07. The van der Waals surface area contributed by atoms with Gasteiger partial charge in [-0.3, -0.25) is 4.79 Å². The first kappa shape index (κ1) is 14.5. The summed E-state index contributed by atoms with van der Waals surface area (Å²) in [5.41, 5.74) is 4.39. The van der Waals surface area contributed by atoms with Gasteiger partial charge in [0.2, 0.25) is 0 Å². The average molecular weight is 324 g/mol. The molecule has 0 saturated heterocycles. The number of benzene rings is 1. The van der Waals surface area contributed by atoms with Crippen LogP contribution in [0.2, 0.25) is 0 Å². The van der Waals surface area contributed by atoms with Crippen LogP contribution in [0.4, 0.5) is 0 Å². The minimum atomic E-state index is 0.0485. The summed E-state index contributed by atoms with van der Waals surface area (Å²) < 4.78 is 3.31. The Morgan fingerprint density at radius 1 is 1.26 bits per heavy atom. The van der Waals surface area contributed by atoms with Crippen LogP contribution in [0.25, 0.3) is 10.2 Å². The van der Waals surface area contributed by atoms with Gasteiger partial charge in [0, 0.05) is 13.1 Å². The molecule has 3 nitrogen and oxygen atoms in total. The maximum atomic E-state index is 12.6. The zero-order valence-electron chi connectivity index (χ0n) is 13.2. The van der Waals surface area contributed by atoms with Crippen molar-refractivity contribution in [3.63, 3.8) is 0 Å². The third-order valence-electron chi connectivity index (χ3n) is 4.46. The van der Waals surface area contributed by atoms with E-state index in [4.69, 9.17) is 0 Å². The molecular weight excluding hydrogens is 304 g/mol. The quantitative estimate of drug-likeness (QED) is 0.750. The first-order valence-electron chi connectivity index (χ1n) is 8.11. The Morgan fingerprint density at radius 3 is 2.78 bits per heavy atom. The number of carbonyl (C=O) groups excluding carboxylic acids is 1. The van der Waals surface area contributed by atoms with Crippen LogP contribution in [0.15, 0.2) is 41.8 Å². The highest BCUT2D eigenvalue weighted by Gasteiger charge is 2.23. The topological polar surface area (TPSA) is 34.0 Å². The standard InChI is InChI=1S/C19H20N2OS/c1-13-2-4-15(5-3-13)12-21-16-8-9-23-18(16)10-17(21)19(22)20-11-14-6-7-14/h2-5,8-10,14H,6-7,11-12H2,1H3,(H,20,22). The molecular formula is C19H20N2OS. The van der Waals surface area contributed by atoms with Crippen molar-refractivity contribution in [1.29, 1.82) is 0 Å². The van der Waals surface area contributed by atoms with Gasteiger partial charge in [-0.05, 0) is 48.8 Å². The monoisotopic (exact) mass is 324 g/mol. The molecule has 1 saturated carbocycles. The van der Waals surface area contributed by atoms with Gasteiger partial charge in [0.15, 0.2) is 0 Å². The van der Waals surface area contributed by atoms with E-state index >= 15 is 0 Å². The van der Waals surface area contributed by atoms with Crippen LogP contribution in [0, 0.1) is 12.8 Å². The van der Waals surface area contributed by atoms with Crippen molar-refractivity contribution in [3.05, 3.63) is 58.6 Å². The van der Waals surface area contributed by atoms with Crippen LogP contribution >= 0.6 is 11.3 Å². The lowest BCUT2D eigenvalue weighted by Gasteiger charge is -2.11. The van der Waals surface area contributed by atoms with E-state index in [-0.39, 0.29) is 5.91 Å². The van der Waals surface area contributed by atoms with Crippen molar-refractivity contribution < 1.29 is 4.79 Å². The van der Waals surface area contributed by atoms with Gasteiger partial charge in [-0.2, -0.15) is 0 Å². The molecule has 3 aromatic rings. The molecule has 23 heavy (non-hydrogen) atoms. The minimum absolute atomic E-state index is 0.0485. The molecule has 4 rings (SSSR count). The number of thiophene rings is 1. The molecule has 0 radical (unpaired) electrons. The van der Waals surface area contributed by atoms with Crippen molar-refractivity contribution in [2.45, 2.75) is 26.3 Å². The molecule has 1 fully saturated rings. The molecule has 0 bridgehead atoms. The predicted octanol–water partition coefficient (Wildman–Crippen LogP) is 4.20. The third kappa shape index (κ3) is 3.04. The molecule has 1 aliphatic carbocycles. The highest BCUT2D eigenvalue weighted by Crippen LogP contribution is 2.29. The van der Waals surface area contributed by atoms with Crippen molar-refractivity contribution in [2.75, 3.05) is 6.54 Å². The first-order valence-corrected chi connectivity index (χ1v) is 8.99. The second-order valence-electron chi connectivity index (χ2n) is 6.42. The number of nitrogens with zero attached hydrogens (tertiary/aromatic N) is 1. The molecule has 0 spiro atoms. The highest BCUT2D eigenvalue weighted by molar-refractivity contribution is 7.17. The van der Waals surface area contributed by atoms with Gasteiger partial charge in [-0.1, -0.05) is 29.8 Å². The van der Waals surface area contributed by atoms with Crippen LogP contribution in [0.3, 0.4) is 0 Å². The number of hydrogen-bond donors (Lipinski definition) is 1. The number of hydrogen-bond acceptors (Lipinski definition) is 2. The van der Waals surface area contributed by atoms with Crippen molar-refractivity contribution in [1.82, 2.24) is 9.88 Å². The number of aryl methyl sites for hydroxylation is 1. The van der Waals surface area contributed by atoms with E-state index in [0.717, 1.165) is 24.3 Å². The Kier molecular flexibility index (Phi) is 3.69. The van der Waals surface area contributed by atoms with Crippen LogP contribution in [0.1, 0.15) is 34.5 Å². The minimum Gasteiger partial charge on any atom is -0.350 e. The Morgan fingerprint density at radius 2 is 2.04 bits per heavy atom. The average Bonchev–Trinajstić information content (AvgIpc) is 3.16. The number of nitrogens with one attached hydrogen (secondary N) is 1. The maximum absolute atomic E-state index is 12.6. The lowest BCUT2D eigenvalue weighted by molar-refractivity contribution is 0.0943. The molecule has 2 aromatic heterocycles. The summed E-state index contributed by atoms with van der Waals surface area (Å²) in [6.07, 6.45) is 2.50. The third-order valence-corrected chi connectivity index (χ3v) is 5.32. The fourth-order valence-electron chi connectivity index (χ4n) is 2.86. The van der Waals surface area contributed by atoms with Crippen LogP contribution in [0.5, 0.6) is 0 Å². The highest BCUT2D eigenvalue weighted by atomic mass is 32.1. The molecule has 4 heteroatoms. The zero-order valence-corrected chi connectivity index (χ0v) is 14.0. The fraction of sp³-hybridized carbons (Fsp3) is 0.316. The second kappa shape index (κ2) is 5.85. The maximum Gasteiger partial charge on any atom is 0.267 e. The van der Waals surface area contributed by atoms with E-state index in [1.807, 2.05) is 6.07 Å². The predicted molar refractivity (Wildman–Crippen MR) is 95.2 cm³/mol. The molecule has 1 aromatic carbocycles. The summed E-state index contributed by atoms with van der Waals surface area (Å²) >= 11 is 1.69. The van der Waals surface area contributed by atoms with E-state index in [0.29, 0.717) is 5.92 Å². The van der Waals surface area contributed by atoms with Crippen molar-refractivity contribution >= 4 is 27.5 Å². The van der Waals surface area contributed by atoms with Crippen LogP contribution in [-0.4, -0.2) is 17.0 Å². The van der Waals surface area contributed by atoms with Crippen LogP contribution < -0.4 is 5.32 Å². The van der Waals surface area contributed by atoms with Crippen molar-refractivity contribution in [3.8, 4) is 0 Å². The zero-order chi connectivity index (χ0) is 15.8. The number of amides is 1. The van der Waals surface area contributed by atoms with Gasteiger partial charge in [-0.15, -0.1) is 11.3 Å². The van der Waals surface area contributed by atoms with Gasteiger partial charge in [0.05, 0.1) is 10.2 Å². The fourth-order valence-corrected chi connectivity index (χ4v) is 3.68. The molecule has 1 aliphatic rings. The first-order chi connectivity index (χ1) is 11.2. The van der Waals surface area contributed by atoms with Crippen LogP contribution in [-0.2, 0) is 6.54 Å². The largest absolute Gasteiger partial charge is 0.350 e. The van der Waals surface area contributed by atoms with Crippen molar-refractivity contribution in [2.24, 2.45) is 5.92 Å². The molecule has 2 heterocycles. The number of rotatable bonds is 5.